The molecule has 3 amide bonds. The van der Waals surface area contributed by atoms with Crippen molar-refractivity contribution in [2.24, 2.45) is 5.92 Å². The number of carboxylic acid groups (broad SMARTS) is 1. The van der Waals surface area contributed by atoms with E-state index in [1.807, 2.05) is 30.3 Å². The molecule has 0 heterocycles. The Balaban J connectivity index is 1.72. The first kappa shape index (κ1) is 27.1. The highest BCUT2D eigenvalue weighted by Crippen LogP contribution is 2.24. The van der Waals surface area contributed by atoms with E-state index in [0.717, 1.165) is 31.2 Å². The second-order valence-electron chi connectivity index (χ2n) is 8.67. The van der Waals surface area contributed by atoms with E-state index < -0.39 is 18.1 Å². The number of carboxylic acids is 1. The van der Waals surface area contributed by atoms with Crippen LogP contribution in [0.5, 0.6) is 0 Å². The van der Waals surface area contributed by atoms with Crippen molar-refractivity contribution in [3.63, 3.8) is 0 Å². The molecule has 1 aromatic rings. The summed E-state index contributed by atoms with van der Waals surface area (Å²) in [5.41, 5.74) is 0.895. The number of nitrogens with one attached hydrogen (secondary N) is 3. The van der Waals surface area contributed by atoms with Crippen molar-refractivity contribution in [3.05, 3.63) is 35.9 Å². The maximum absolute atomic E-state index is 12.7. The van der Waals surface area contributed by atoms with E-state index in [9.17, 15) is 19.2 Å². The maximum atomic E-state index is 12.7. The van der Waals surface area contributed by atoms with E-state index in [0.29, 0.717) is 45.2 Å². The summed E-state index contributed by atoms with van der Waals surface area (Å²) in [6.07, 6.45) is 6.19. The Hall–Kier alpha value is -3.10. The van der Waals surface area contributed by atoms with Gasteiger partial charge in [-0.05, 0) is 44.1 Å². The van der Waals surface area contributed by atoms with Crippen LogP contribution in [-0.2, 0) is 25.7 Å². The molecule has 34 heavy (non-hydrogen) atoms. The molecule has 1 saturated carbocycles. The zero-order valence-corrected chi connectivity index (χ0v) is 19.7. The molecule has 1 atom stereocenters. The Bertz CT molecular complexity index is 780. The summed E-state index contributed by atoms with van der Waals surface area (Å²) in [4.78, 5) is 47.7. The molecule has 1 aromatic carbocycles. The minimum Gasteiger partial charge on any atom is -0.481 e. The molecule has 188 valence electrons. The summed E-state index contributed by atoms with van der Waals surface area (Å²) in [5.74, 6) is -1.21. The van der Waals surface area contributed by atoms with Gasteiger partial charge in [-0.2, -0.15) is 0 Å². The van der Waals surface area contributed by atoms with Crippen LogP contribution in [0, 0.1) is 5.92 Å². The largest absolute Gasteiger partial charge is 0.481 e. The van der Waals surface area contributed by atoms with Gasteiger partial charge in [0, 0.05) is 25.4 Å². The number of unbranched alkanes of at least 4 members (excludes halogenated alkanes) is 2. The van der Waals surface area contributed by atoms with Crippen LogP contribution in [0.3, 0.4) is 0 Å². The lowest BCUT2D eigenvalue weighted by Crippen LogP contribution is -2.48. The number of aliphatic carboxylic acids is 1. The average Bonchev–Trinajstić information content (AvgIpc) is 3.37. The van der Waals surface area contributed by atoms with Crippen LogP contribution in [-0.4, -0.2) is 48.1 Å². The highest BCUT2D eigenvalue weighted by molar-refractivity contribution is 5.88. The van der Waals surface area contributed by atoms with Gasteiger partial charge in [-0.25, -0.2) is 4.79 Å². The topological polar surface area (TPSA) is 134 Å². The molecule has 1 aliphatic rings. The molecule has 0 saturated heterocycles. The average molecular weight is 476 g/mol. The zero-order valence-electron chi connectivity index (χ0n) is 19.7. The molecule has 4 N–H and O–H groups in total. The van der Waals surface area contributed by atoms with Crippen LogP contribution in [0.15, 0.2) is 30.3 Å². The molecule has 9 nitrogen and oxygen atoms in total. The van der Waals surface area contributed by atoms with Gasteiger partial charge in [-0.1, -0.05) is 49.6 Å². The van der Waals surface area contributed by atoms with E-state index in [1.54, 1.807) is 0 Å². The summed E-state index contributed by atoms with van der Waals surface area (Å²) >= 11 is 0. The summed E-state index contributed by atoms with van der Waals surface area (Å²) in [5, 5.41) is 17.1. The molecule has 2 rings (SSSR count). The first-order valence-electron chi connectivity index (χ1n) is 12.2. The predicted octanol–water partition coefficient (Wildman–Crippen LogP) is 3.13. The van der Waals surface area contributed by atoms with E-state index in [4.69, 9.17) is 9.84 Å². The van der Waals surface area contributed by atoms with E-state index in [2.05, 4.69) is 16.0 Å². The number of carbonyl (C=O) groups is 4. The molecule has 0 unspecified atom stereocenters. The summed E-state index contributed by atoms with van der Waals surface area (Å²) in [6.45, 7) is 0.936. The highest BCUT2D eigenvalue weighted by atomic mass is 16.5. The van der Waals surface area contributed by atoms with E-state index in [1.165, 1.54) is 0 Å². The lowest BCUT2D eigenvalue weighted by atomic mass is 10.0. The van der Waals surface area contributed by atoms with Crippen LogP contribution in [0.25, 0.3) is 0 Å². The van der Waals surface area contributed by atoms with Crippen LogP contribution < -0.4 is 16.0 Å². The van der Waals surface area contributed by atoms with Gasteiger partial charge in [0.15, 0.2) is 0 Å². The lowest BCUT2D eigenvalue weighted by molar-refractivity contribution is -0.137. The van der Waals surface area contributed by atoms with Crippen LogP contribution in [0.1, 0.15) is 69.8 Å². The number of carbonyl (C=O) groups excluding carboxylic acids is 3. The van der Waals surface area contributed by atoms with Gasteiger partial charge in [0.05, 0.1) is 0 Å². The monoisotopic (exact) mass is 475 g/mol. The number of rotatable bonds is 15. The normalized spacial score (nSPS) is 14.2. The second-order valence-corrected chi connectivity index (χ2v) is 8.67. The quantitative estimate of drug-likeness (QED) is 0.288. The molecular weight excluding hydrogens is 438 g/mol. The van der Waals surface area contributed by atoms with Gasteiger partial charge in [-0.3, -0.25) is 14.4 Å². The molecule has 0 aliphatic heterocycles. The minimum absolute atomic E-state index is 0.0441. The maximum Gasteiger partial charge on any atom is 0.407 e. The molecule has 1 aliphatic carbocycles. The number of amides is 3. The molecule has 0 bridgehead atoms. The molecule has 1 fully saturated rings. The Morgan fingerprint density at radius 3 is 2.35 bits per heavy atom. The summed E-state index contributed by atoms with van der Waals surface area (Å²) < 4.78 is 5.18. The Morgan fingerprint density at radius 2 is 1.65 bits per heavy atom. The molecule has 0 spiro atoms. The number of alkyl carbamates (subject to hydrolysis) is 1. The SMILES string of the molecule is O=C(O)CCCCCNC(=O)[C@H](CCCNC(=O)OCc1ccccc1)NC(=O)C1CCCC1. The van der Waals surface area contributed by atoms with Gasteiger partial charge in [0.1, 0.15) is 12.6 Å². The van der Waals surface area contributed by atoms with Crippen molar-refractivity contribution in [1.82, 2.24) is 16.0 Å². The third kappa shape index (κ3) is 11.2. The lowest BCUT2D eigenvalue weighted by Gasteiger charge is -2.20. The standard InChI is InChI=1S/C25H37N3O6/c29-22(30)15-5-2-8-16-26-24(32)21(28-23(31)20-12-6-7-13-20)14-9-17-27-25(33)34-18-19-10-3-1-4-11-19/h1,3-4,10-11,20-21H,2,5-9,12-18H2,(H,26,32)(H,27,33)(H,28,31)(H,29,30)/t21-/m0/s1. The highest BCUT2D eigenvalue weighted by Gasteiger charge is 2.27. The first-order valence-corrected chi connectivity index (χ1v) is 12.2. The van der Waals surface area contributed by atoms with E-state index in [-0.39, 0.29) is 30.8 Å². The van der Waals surface area contributed by atoms with Gasteiger partial charge in [0.25, 0.3) is 0 Å². The van der Waals surface area contributed by atoms with Crippen molar-refractivity contribution in [1.29, 1.82) is 0 Å². The second kappa shape index (κ2) is 15.7. The van der Waals surface area contributed by atoms with Crippen molar-refractivity contribution in [2.75, 3.05) is 13.1 Å². The third-order valence-corrected chi connectivity index (χ3v) is 5.88. The summed E-state index contributed by atoms with van der Waals surface area (Å²) in [6, 6.07) is 8.70. The van der Waals surface area contributed by atoms with Gasteiger partial charge in [-0.15, -0.1) is 0 Å². The van der Waals surface area contributed by atoms with Crippen molar-refractivity contribution in [2.45, 2.75) is 76.9 Å². The fourth-order valence-electron chi connectivity index (χ4n) is 3.93. The van der Waals surface area contributed by atoms with Crippen LogP contribution in [0.2, 0.25) is 0 Å². The molecular formula is C25H37N3O6. The Morgan fingerprint density at radius 1 is 0.941 bits per heavy atom. The number of hydrogen-bond acceptors (Lipinski definition) is 5. The predicted molar refractivity (Wildman–Crippen MR) is 127 cm³/mol. The third-order valence-electron chi connectivity index (χ3n) is 5.88. The van der Waals surface area contributed by atoms with Gasteiger partial charge >= 0.3 is 12.1 Å². The van der Waals surface area contributed by atoms with Crippen LogP contribution >= 0.6 is 0 Å². The first-order chi connectivity index (χ1) is 16.5. The van der Waals surface area contributed by atoms with Crippen molar-refractivity contribution < 1.29 is 29.0 Å². The molecule has 0 aromatic heterocycles. The van der Waals surface area contributed by atoms with E-state index >= 15 is 0 Å². The van der Waals surface area contributed by atoms with Gasteiger partial charge < -0.3 is 25.8 Å². The zero-order chi connectivity index (χ0) is 24.6. The van der Waals surface area contributed by atoms with Gasteiger partial charge in [0.2, 0.25) is 11.8 Å². The molecule has 9 heteroatoms. The molecule has 0 radical (unpaired) electrons. The van der Waals surface area contributed by atoms with Crippen LogP contribution in [0.4, 0.5) is 4.79 Å². The smallest absolute Gasteiger partial charge is 0.407 e. The number of ether oxygens (including phenoxy) is 1. The fourth-order valence-corrected chi connectivity index (χ4v) is 3.93. The Kier molecular flexibility index (Phi) is 12.5. The minimum atomic E-state index is -0.823. The Labute approximate surface area is 201 Å². The van der Waals surface area contributed by atoms with Crippen molar-refractivity contribution >= 4 is 23.9 Å². The number of benzene rings is 1. The summed E-state index contributed by atoms with van der Waals surface area (Å²) in [7, 11) is 0. The van der Waals surface area contributed by atoms with Crippen molar-refractivity contribution in [3.8, 4) is 0 Å². The fraction of sp³-hybridized carbons (Fsp3) is 0.600. The number of hydrogen-bond donors (Lipinski definition) is 4.